The van der Waals surface area contributed by atoms with Crippen molar-refractivity contribution >= 4 is 39.2 Å². The molecule has 1 aromatic rings. The quantitative estimate of drug-likeness (QED) is 0.793. The van der Waals surface area contributed by atoms with Crippen LogP contribution in [0, 0.1) is 5.92 Å². The number of para-hydroxylation sites is 1. The molecule has 2 saturated heterocycles. The number of halogens is 1. The van der Waals surface area contributed by atoms with Crippen molar-refractivity contribution in [3.8, 4) is 0 Å². The van der Waals surface area contributed by atoms with E-state index in [-0.39, 0.29) is 24.4 Å². The smallest absolute Gasteiger partial charge is 0.321 e. The number of fused-ring (bicyclic) bond motifs is 1. The van der Waals surface area contributed by atoms with Crippen molar-refractivity contribution in [2.24, 2.45) is 5.92 Å². The molecule has 2 heterocycles. The van der Waals surface area contributed by atoms with E-state index in [1.807, 2.05) is 0 Å². The topological polar surface area (TPSA) is 90.0 Å². The van der Waals surface area contributed by atoms with Crippen LogP contribution in [-0.2, 0) is 14.8 Å². The molecule has 2 aliphatic heterocycles. The fraction of sp³-hybridized carbons (Fsp3) is 0.556. The van der Waals surface area contributed by atoms with Crippen LogP contribution in [0.1, 0.15) is 12.8 Å². The fourth-order valence-electron chi connectivity index (χ4n) is 3.70. The Hall–Kier alpha value is -1.84. The molecule has 0 unspecified atom stereocenters. The van der Waals surface area contributed by atoms with Gasteiger partial charge in [0.15, 0.2) is 0 Å². The molecule has 3 rings (SSSR count). The highest BCUT2D eigenvalue weighted by molar-refractivity contribution is 7.90. The Morgan fingerprint density at radius 1 is 1.21 bits per heavy atom. The highest BCUT2D eigenvalue weighted by Crippen LogP contribution is 2.34. The minimum atomic E-state index is -3.55. The van der Waals surface area contributed by atoms with Crippen LogP contribution in [0.5, 0.6) is 0 Å². The maximum atomic E-state index is 12.9. The third kappa shape index (κ3) is 4.26. The van der Waals surface area contributed by atoms with Gasteiger partial charge in [0.2, 0.25) is 15.9 Å². The number of likely N-dealkylation sites (N-methyl/N-ethyl adjacent to an activating group) is 1. The van der Waals surface area contributed by atoms with Gasteiger partial charge in [-0.25, -0.2) is 13.2 Å². The van der Waals surface area contributed by atoms with Gasteiger partial charge < -0.3 is 15.1 Å². The summed E-state index contributed by atoms with van der Waals surface area (Å²) in [6.07, 6.45) is 0.933. The predicted octanol–water partition coefficient (Wildman–Crippen LogP) is 1.69. The lowest BCUT2D eigenvalue weighted by Gasteiger charge is -2.23. The van der Waals surface area contributed by atoms with Crippen LogP contribution in [0.3, 0.4) is 0 Å². The Kier molecular flexibility index (Phi) is 6.16. The molecule has 3 amide bonds. The molecule has 2 atom stereocenters. The molecule has 0 radical (unpaired) electrons. The zero-order chi connectivity index (χ0) is 20.5. The fourth-order valence-corrected chi connectivity index (χ4v) is 6.07. The summed E-state index contributed by atoms with van der Waals surface area (Å²) < 4.78 is 27.0. The average Bonchev–Trinajstić information content (AvgIpc) is 2.78. The summed E-state index contributed by atoms with van der Waals surface area (Å²) in [4.78, 5) is 27.6. The first-order valence-electron chi connectivity index (χ1n) is 9.19. The predicted molar refractivity (Wildman–Crippen MR) is 108 cm³/mol. The summed E-state index contributed by atoms with van der Waals surface area (Å²) in [5.41, 5.74) is 0.527. The second-order valence-corrected chi connectivity index (χ2v) is 9.96. The number of rotatable bonds is 3. The minimum Gasteiger partial charge on any atom is -0.348 e. The normalized spacial score (nSPS) is 24.3. The van der Waals surface area contributed by atoms with Gasteiger partial charge in [-0.2, -0.15) is 4.31 Å². The van der Waals surface area contributed by atoms with Gasteiger partial charge in [0, 0.05) is 33.7 Å². The number of nitrogens with zero attached hydrogens (tertiary/aromatic N) is 3. The van der Waals surface area contributed by atoms with Crippen molar-refractivity contribution in [2.75, 3.05) is 45.6 Å². The Bertz CT molecular complexity index is 861. The average molecular weight is 429 g/mol. The van der Waals surface area contributed by atoms with E-state index in [1.54, 1.807) is 43.3 Å². The summed E-state index contributed by atoms with van der Waals surface area (Å²) in [6, 6.07) is 6.69. The van der Waals surface area contributed by atoms with Gasteiger partial charge in [0.05, 0.1) is 22.5 Å². The van der Waals surface area contributed by atoms with Crippen LogP contribution in [0.25, 0.3) is 0 Å². The van der Waals surface area contributed by atoms with E-state index in [9.17, 15) is 18.0 Å². The monoisotopic (exact) mass is 428 g/mol. The van der Waals surface area contributed by atoms with Gasteiger partial charge in [-0.1, -0.05) is 23.7 Å². The number of sulfonamides is 1. The molecule has 0 bridgehead atoms. The maximum absolute atomic E-state index is 12.9. The third-order valence-electron chi connectivity index (χ3n) is 5.37. The number of anilines is 1. The van der Waals surface area contributed by atoms with Gasteiger partial charge in [-0.15, -0.1) is 0 Å². The summed E-state index contributed by atoms with van der Waals surface area (Å²) in [5.74, 6) is -0.321. The Morgan fingerprint density at radius 3 is 2.57 bits per heavy atom. The molecule has 10 heteroatoms. The van der Waals surface area contributed by atoms with Crippen molar-refractivity contribution in [3.63, 3.8) is 0 Å². The second kappa shape index (κ2) is 8.26. The van der Waals surface area contributed by atoms with E-state index in [2.05, 4.69) is 5.32 Å². The van der Waals surface area contributed by atoms with Gasteiger partial charge in [0.1, 0.15) is 0 Å². The molecule has 8 nitrogen and oxygen atoms in total. The first-order valence-corrected chi connectivity index (χ1v) is 11.1. The number of nitrogens with one attached hydrogen (secondary N) is 1. The molecule has 2 fully saturated rings. The van der Waals surface area contributed by atoms with E-state index >= 15 is 0 Å². The SMILES string of the molecule is CN(C)C(=O)CN1C[C@H]2CCN(C(=O)Nc3ccccc3Cl)CC[C@H]2S1(=O)=O. The lowest BCUT2D eigenvalue weighted by atomic mass is 10.0. The molecular weight excluding hydrogens is 404 g/mol. The van der Waals surface area contributed by atoms with Gasteiger partial charge in [-0.3, -0.25) is 4.79 Å². The Labute approximate surface area is 170 Å². The largest absolute Gasteiger partial charge is 0.348 e. The van der Waals surface area contributed by atoms with Crippen LogP contribution in [0.15, 0.2) is 24.3 Å². The van der Waals surface area contributed by atoms with E-state index in [0.717, 1.165) is 0 Å². The number of benzene rings is 1. The van der Waals surface area contributed by atoms with E-state index in [0.29, 0.717) is 43.2 Å². The Morgan fingerprint density at radius 2 is 1.89 bits per heavy atom. The number of likely N-dealkylation sites (tertiary alicyclic amines) is 1. The highest BCUT2D eigenvalue weighted by atomic mass is 35.5. The van der Waals surface area contributed by atoms with Gasteiger partial charge in [-0.05, 0) is 30.9 Å². The van der Waals surface area contributed by atoms with Crippen LogP contribution in [0.4, 0.5) is 10.5 Å². The summed E-state index contributed by atoms with van der Waals surface area (Å²) in [7, 11) is -0.329. The standard InChI is InChI=1S/C18H25ClN4O4S/c1-21(2)17(24)12-23-11-13-7-9-22(10-8-16(13)28(23,26)27)18(25)20-15-6-4-3-5-14(15)19/h3-6,13,16H,7-12H2,1-2H3,(H,20,25)/t13-,16-/m1/s1. The number of amides is 3. The van der Waals surface area contributed by atoms with Crippen molar-refractivity contribution < 1.29 is 18.0 Å². The highest BCUT2D eigenvalue weighted by Gasteiger charge is 2.47. The third-order valence-corrected chi connectivity index (χ3v) is 8.09. The number of carbonyl (C=O) groups is 2. The molecule has 0 saturated carbocycles. The first kappa shape index (κ1) is 20.9. The molecule has 2 aliphatic rings. The molecule has 1 N–H and O–H groups in total. The molecule has 28 heavy (non-hydrogen) atoms. The molecular formula is C18H25ClN4O4S. The lowest BCUT2D eigenvalue weighted by molar-refractivity contribution is -0.128. The van der Waals surface area contributed by atoms with Gasteiger partial charge >= 0.3 is 6.03 Å². The van der Waals surface area contributed by atoms with Crippen LogP contribution in [-0.4, -0.2) is 80.0 Å². The zero-order valence-corrected chi connectivity index (χ0v) is 17.5. The van der Waals surface area contributed by atoms with Crippen LogP contribution >= 0.6 is 11.6 Å². The van der Waals surface area contributed by atoms with E-state index < -0.39 is 15.3 Å². The van der Waals surface area contributed by atoms with E-state index in [4.69, 9.17) is 11.6 Å². The maximum Gasteiger partial charge on any atom is 0.321 e. The van der Waals surface area contributed by atoms with Crippen molar-refractivity contribution in [1.82, 2.24) is 14.1 Å². The van der Waals surface area contributed by atoms with Crippen LogP contribution in [0.2, 0.25) is 5.02 Å². The van der Waals surface area contributed by atoms with Gasteiger partial charge in [0.25, 0.3) is 0 Å². The molecule has 0 aliphatic carbocycles. The summed E-state index contributed by atoms with van der Waals surface area (Å²) in [6.45, 7) is 1.00. The van der Waals surface area contributed by atoms with E-state index in [1.165, 1.54) is 9.21 Å². The summed E-state index contributed by atoms with van der Waals surface area (Å²) in [5, 5.41) is 2.68. The van der Waals surface area contributed by atoms with Crippen LogP contribution < -0.4 is 5.32 Å². The molecule has 154 valence electrons. The summed E-state index contributed by atoms with van der Waals surface area (Å²) >= 11 is 6.09. The number of carbonyl (C=O) groups excluding carboxylic acids is 2. The molecule has 0 spiro atoms. The zero-order valence-electron chi connectivity index (χ0n) is 16.0. The number of hydrogen-bond acceptors (Lipinski definition) is 4. The number of hydrogen-bond donors (Lipinski definition) is 1. The first-order chi connectivity index (χ1) is 13.2. The molecule has 1 aromatic carbocycles. The number of urea groups is 1. The molecule has 0 aromatic heterocycles. The minimum absolute atomic E-state index is 0.0851. The van der Waals surface area contributed by atoms with Crippen molar-refractivity contribution in [2.45, 2.75) is 18.1 Å². The Balaban J connectivity index is 1.65. The second-order valence-electron chi connectivity index (χ2n) is 7.40. The van der Waals surface area contributed by atoms with Crippen molar-refractivity contribution in [1.29, 1.82) is 0 Å². The lowest BCUT2D eigenvalue weighted by Crippen LogP contribution is -2.40. The van der Waals surface area contributed by atoms with Crippen molar-refractivity contribution in [3.05, 3.63) is 29.3 Å².